The summed E-state index contributed by atoms with van der Waals surface area (Å²) in [6.45, 7) is 3.50. The van der Waals surface area contributed by atoms with Crippen molar-refractivity contribution in [3.8, 4) is 0 Å². The topological polar surface area (TPSA) is 98.0 Å². The predicted octanol–water partition coefficient (Wildman–Crippen LogP) is 2.13. The second kappa shape index (κ2) is 5.26. The lowest BCUT2D eigenvalue weighted by Gasteiger charge is -2.09. The minimum Gasteiger partial charge on any atom is -0.399 e. The van der Waals surface area contributed by atoms with Gasteiger partial charge in [0.15, 0.2) is 0 Å². The Morgan fingerprint density at radius 3 is 2.35 bits per heavy atom. The van der Waals surface area contributed by atoms with E-state index >= 15 is 0 Å². The van der Waals surface area contributed by atoms with E-state index in [0.29, 0.717) is 17.1 Å². The molecule has 6 nitrogen and oxygen atoms in total. The molecule has 0 unspecified atom stereocenters. The number of anilines is 2. The molecule has 1 heterocycles. The van der Waals surface area contributed by atoms with Crippen LogP contribution in [0.1, 0.15) is 11.4 Å². The molecule has 0 spiro atoms. The number of aromatic nitrogens is 2. The highest BCUT2D eigenvalue weighted by Crippen LogP contribution is 2.25. The minimum absolute atomic E-state index is 0.000918. The second-order valence-electron chi connectivity index (χ2n) is 4.27. The number of halogens is 1. The van der Waals surface area contributed by atoms with Crippen LogP contribution in [0.4, 0.5) is 11.6 Å². The fraction of sp³-hybridized carbons (Fsp3) is 0.167. The Hall–Kier alpha value is -1.86. The van der Waals surface area contributed by atoms with Crippen LogP contribution in [0.15, 0.2) is 29.2 Å². The standard InChI is InChI=1S/C12H13ClN4O2S/c1-7-5-8(2)16-12(15-7)17-20(18,19)11-6-9(14)3-4-10(11)13/h3-6H,14H2,1-2H3,(H,15,16,17). The highest BCUT2D eigenvalue weighted by molar-refractivity contribution is 7.92. The molecule has 0 atom stereocenters. The van der Waals surface area contributed by atoms with Crippen molar-refractivity contribution in [2.75, 3.05) is 10.5 Å². The van der Waals surface area contributed by atoms with Crippen molar-refractivity contribution in [1.82, 2.24) is 9.97 Å². The first-order valence-electron chi connectivity index (χ1n) is 5.68. The largest absolute Gasteiger partial charge is 0.399 e. The molecule has 0 saturated carbocycles. The molecule has 0 saturated heterocycles. The first-order valence-corrected chi connectivity index (χ1v) is 7.54. The van der Waals surface area contributed by atoms with Crippen LogP contribution in [-0.2, 0) is 10.0 Å². The summed E-state index contributed by atoms with van der Waals surface area (Å²) in [5, 5.41) is 0.0797. The number of hydrogen-bond acceptors (Lipinski definition) is 5. The number of nitrogens with zero attached hydrogens (tertiary/aromatic N) is 2. The van der Waals surface area contributed by atoms with Gasteiger partial charge in [-0.25, -0.2) is 23.1 Å². The van der Waals surface area contributed by atoms with Crippen LogP contribution in [-0.4, -0.2) is 18.4 Å². The van der Waals surface area contributed by atoms with Crippen molar-refractivity contribution in [2.45, 2.75) is 18.7 Å². The molecule has 1 aromatic heterocycles. The van der Waals surface area contributed by atoms with Crippen molar-refractivity contribution in [2.24, 2.45) is 0 Å². The van der Waals surface area contributed by atoms with Gasteiger partial charge in [-0.15, -0.1) is 0 Å². The number of hydrogen-bond donors (Lipinski definition) is 2. The number of nitrogen functional groups attached to an aromatic ring is 1. The van der Waals surface area contributed by atoms with Gasteiger partial charge in [-0.05, 0) is 38.1 Å². The molecular formula is C12H13ClN4O2S. The van der Waals surface area contributed by atoms with Gasteiger partial charge in [0.05, 0.1) is 5.02 Å². The number of nitrogens with two attached hydrogens (primary N) is 1. The molecule has 3 N–H and O–H groups in total. The summed E-state index contributed by atoms with van der Waals surface area (Å²) in [7, 11) is -3.89. The van der Waals surface area contributed by atoms with E-state index in [1.807, 2.05) is 0 Å². The summed E-state index contributed by atoms with van der Waals surface area (Å²) in [6.07, 6.45) is 0. The van der Waals surface area contributed by atoms with Gasteiger partial charge in [0.25, 0.3) is 10.0 Å². The molecule has 0 aliphatic carbocycles. The number of benzene rings is 1. The van der Waals surface area contributed by atoms with E-state index in [-0.39, 0.29) is 15.9 Å². The van der Waals surface area contributed by atoms with Gasteiger partial charge in [-0.1, -0.05) is 11.6 Å². The molecule has 20 heavy (non-hydrogen) atoms. The Balaban J connectivity index is 2.43. The zero-order valence-electron chi connectivity index (χ0n) is 10.9. The first kappa shape index (κ1) is 14.5. The Labute approximate surface area is 122 Å². The van der Waals surface area contributed by atoms with E-state index in [1.165, 1.54) is 18.2 Å². The maximum Gasteiger partial charge on any atom is 0.265 e. The number of aryl methyl sites for hydroxylation is 2. The van der Waals surface area contributed by atoms with Crippen LogP contribution in [0.5, 0.6) is 0 Å². The fourth-order valence-corrected chi connectivity index (χ4v) is 3.15. The van der Waals surface area contributed by atoms with Gasteiger partial charge in [-0.2, -0.15) is 0 Å². The molecule has 1 aromatic carbocycles. The van der Waals surface area contributed by atoms with Gasteiger partial charge >= 0.3 is 0 Å². The van der Waals surface area contributed by atoms with Gasteiger partial charge in [0.2, 0.25) is 5.95 Å². The van der Waals surface area contributed by atoms with E-state index in [0.717, 1.165) is 0 Å². The van der Waals surface area contributed by atoms with Gasteiger partial charge < -0.3 is 5.73 Å². The third kappa shape index (κ3) is 3.17. The van der Waals surface area contributed by atoms with Crippen LogP contribution in [0.2, 0.25) is 5.02 Å². The van der Waals surface area contributed by atoms with Crippen LogP contribution in [0.25, 0.3) is 0 Å². The molecule has 0 amide bonds. The quantitative estimate of drug-likeness (QED) is 0.846. The van der Waals surface area contributed by atoms with Crippen molar-refractivity contribution in [1.29, 1.82) is 0 Å². The lowest BCUT2D eigenvalue weighted by molar-refractivity contribution is 0.601. The lowest BCUT2D eigenvalue weighted by atomic mass is 10.3. The third-order valence-electron chi connectivity index (χ3n) is 2.45. The van der Waals surface area contributed by atoms with Crippen molar-refractivity contribution in [3.63, 3.8) is 0 Å². The predicted molar refractivity (Wildman–Crippen MR) is 78.2 cm³/mol. The molecular weight excluding hydrogens is 300 g/mol. The Morgan fingerprint density at radius 2 is 1.75 bits per heavy atom. The van der Waals surface area contributed by atoms with Gasteiger partial charge in [0, 0.05) is 17.1 Å². The average molecular weight is 313 g/mol. The van der Waals surface area contributed by atoms with E-state index in [2.05, 4.69) is 14.7 Å². The summed E-state index contributed by atoms with van der Waals surface area (Å²) >= 11 is 5.89. The normalized spacial score (nSPS) is 11.3. The highest BCUT2D eigenvalue weighted by Gasteiger charge is 2.19. The number of nitrogens with one attached hydrogen (secondary N) is 1. The minimum atomic E-state index is -3.89. The van der Waals surface area contributed by atoms with E-state index in [9.17, 15) is 8.42 Å². The second-order valence-corrected chi connectivity index (χ2v) is 6.33. The van der Waals surface area contributed by atoms with Crippen LogP contribution < -0.4 is 10.5 Å². The highest BCUT2D eigenvalue weighted by atomic mass is 35.5. The molecule has 2 rings (SSSR count). The zero-order chi connectivity index (χ0) is 14.9. The van der Waals surface area contributed by atoms with E-state index in [4.69, 9.17) is 17.3 Å². The fourth-order valence-electron chi connectivity index (χ4n) is 1.67. The Bertz CT molecular complexity index is 742. The third-order valence-corrected chi connectivity index (χ3v) is 4.26. The first-order chi connectivity index (χ1) is 9.28. The summed E-state index contributed by atoms with van der Waals surface area (Å²) in [4.78, 5) is 7.93. The summed E-state index contributed by atoms with van der Waals surface area (Å²) < 4.78 is 26.8. The van der Waals surface area contributed by atoms with Crippen molar-refractivity contribution < 1.29 is 8.42 Å². The molecule has 0 aliphatic heterocycles. The lowest BCUT2D eigenvalue weighted by Crippen LogP contribution is -2.16. The van der Waals surface area contributed by atoms with Gasteiger partial charge in [0.1, 0.15) is 4.90 Å². The maximum atomic E-state index is 12.3. The van der Waals surface area contributed by atoms with E-state index < -0.39 is 10.0 Å². The smallest absolute Gasteiger partial charge is 0.265 e. The van der Waals surface area contributed by atoms with Crippen LogP contribution >= 0.6 is 11.6 Å². The molecule has 8 heteroatoms. The van der Waals surface area contributed by atoms with Crippen LogP contribution in [0, 0.1) is 13.8 Å². The molecule has 0 aliphatic rings. The molecule has 2 aromatic rings. The molecule has 0 radical (unpaired) electrons. The Kier molecular flexibility index (Phi) is 3.82. The van der Waals surface area contributed by atoms with Crippen molar-refractivity contribution >= 4 is 33.3 Å². The SMILES string of the molecule is Cc1cc(C)nc(NS(=O)(=O)c2cc(N)ccc2Cl)n1. The summed E-state index contributed by atoms with van der Waals surface area (Å²) in [5.74, 6) is 0.000918. The van der Waals surface area contributed by atoms with E-state index in [1.54, 1.807) is 19.9 Å². The summed E-state index contributed by atoms with van der Waals surface area (Å²) in [5.41, 5.74) is 7.21. The monoisotopic (exact) mass is 312 g/mol. The summed E-state index contributed by atoms with van der Waals surface area (Å²) in [6, 6.07) is 5.97. The molecule has 0 bridgehead atoms. The van der Waals surface area contributed by atoms with Crippen LogP contribution in [0.3, 0.4) is 0 Å². The zero-order valence-corrected chi connectivity index (χ0v) is 12.5. The number of sulfonamides is 1. The number of rotatable bonds is 3. The average Bonchev–Trinajstić information content (AvgIpc) is 2.30. The Morgan fingerprint density at radius 1 is 1.15 bits per heavy atom. The van der Waals surface area contributed by atoms with Gasteiger partial charge in [-0.3, -0.25) is 0 Å². The maximum absolute atomic E-state index is 12.3. The molecule has 0 fully saturated rings. The van der Waals surface area contributed by atoms with Crippen molar-refractivity contribution in [3.05, 3.63) is 40.7 Å². The molecule has 106 valence electrons.